The van der Waals surface area contributed by atoms with Gasteiger partial charge in [-0.25, -0.2) is 0 Å². The van der Waals surface area contributed by atoms with Gasteiger partial charge in [0.1, 0.15) is 6.10 Å². The SMILES string of the molecule is Cc1ccnc2c([C@@H]3N[C@H](CO)[C@@H](O)[C@H]3O)c[nH]c12. The molecule has 1 saturated heterocycles. The zero-order valence-electron chi connectivity index (χ0n) is 10.5. The molecule has 0 unspecified atom stereocenters. The second-order valence-corrected chi connectivity index (χ2v) is 5.01. The quantitative estimate of drug-likeness (QED) is 0.507. The zero-order chi connectivity index (χ0) is 13.6. The fourth-order valence-corrected chi connectivity index (χ4v) is 2.71. The predicted molar refractivity (Wildman–Crippen MR) is 69.6 cm³/mol. The summed E-state index contributed by atoms with van der Waals surface area (Å²) in [5, 5.41) is 32.2. The molecule has 6 heteroatoms. The third kappa shape index (κ3) is 1.84. The van der Waals surface area contributed by atoms with E-state index in [2.05, 4.69) is 15.3 Å². The van der Waals surface area contributed by atoms with E-state index in [1.54, 1.807) is 12.4 Å². The Bertz CT molecular complexity index is 598. The summed E-state index contributed by atoms with van der Waals surface area (Å²) in [5.74, 6) is 0. The Morgan fingerprint density at radius 1 is 1.32 bits per heavy atom. The topological polar surface area (TPSA) is 101 Å². The molecule has 19 heavy (non-hydrogen) atoms. The molecular formula is C13H17N3O3. The standard InChI is InChI=1S/C13H17N3O3/c1-6-2-3-14-10-7(4-15-9(6)10)11-13(19)12(18)8(5-17)16-11/h2-4,8,11-13,15-19H,5H2,1H3/t8-,11+,12-,13+/m1/s1. The maximum Gasteiger partial charge on any atom is 0.101 e. The number of pyridine rings is 1. The number of fused-ring (bicyclic) bond motifs is 1. The van der Waals surface area contributed by atoms with Crippen LogP contribution in [-0.2, 0) is 0 Å². The number of H-pyrrole nitrogens is 1. The molecule has 3 rings (SSSR count). The number of aliphatic hydroxyl groups excluding tert-OH is 3. The van der Waals surface area contributed by atoms with Crippen molar-refractivity contribution in [3.8, 4) is 0 Å². The zero-order valence-corrected chi connectivity index (χ0v) is 10.5. The lowest BCUT2D eigenvalue weighted by Gasteiger charge is -2.14. The van der Waals surface area contributed by atoms with Crippen molar-refractivity contribution < 1.29 is 15.3 Å². The van der Waals surface area contributed by atoms with Crippen LogP contribution in [0.3, 0.4) is 0 Å². The highest BCUT2D eigenvalue weighted by Gasteiger charge is 2.42. The highest BCUT2D eigenvalue weighted by Crippen LogP contribution is 2.32. The third-order valence-corrected chi connectivity index (χ3v) is 3.83. The molecule has 6 nitrogen and oxygen atoms in total. The van der Waals surface area contributed by atoms with Crippen LogP contribution in [-0.4, -0.2) is 50.1 Å². The van der Waals surface area contributed by atoms with Gasteiger partial charge in [-0.05, 0) is 18.6 Å². The van der Waals surface area contributed by atoms with E-state index in [1.165, 1.54) is 0 Å². The van der Waals surface area contributed by atoms with Crippen molar-refractivity contribution in [1.82, 2.24) is 15.3 Å². The van der Waals surface area contributed by atoms with Gasteiger partial charge in [0.25, 0.3) is 0 Å². The molecule has 5 N–H and O–H groups in total. The lowest BCUT2D eigenvalue weighted by Crippen LogP contribution is -2.35. The molecule has 0 amide bonds. The van der Waals surface area contributed by atoms with E-state index in [1.807, 2.05) is 13.0 Å². The fraction of sp³-hybridized carbons (Fsp3) is 0.462. The molecule has 1 fully saturated rings. The number of aryl methyl sites for hydroxylation is 1. The van der Waals surface area contributed by atoms with E-state index < -0.39 is 24.3 Å². The highest BCUT2D eigenvalue weighted by atomic mass is 16.3. The van der Waals surface area contributed by atoms with Gasteiger partial charge >= 0.3 is 0 Å². The summed E-state index contributed by atoms with van der Waals surface area (Å²) >= 11 is 0. The third-order valence-electron chi connectivity index (χ3n) is 3.83. The van der Waals surface area contributed by atoms with Gasteiger partial charge in [-0.1, -0.05) is 0 Å². The van der Waals surface area contributed by atoms with Crippen LogP contribution >= 0.6 is 0 Å². The molecular weight excluding hydrogens is 246 g/mol. The Labute approximate surface area is 110 Å². The second-order valence-electron chi connectivity index (χ2n) is 5.01. The molecule has 3 heterocycles. The smallest absolute Gasteiger partial charge is 0.101 e. The van der Waals surface area contributed by atoms with Crippen LogP contribution in [0.1, 0.15) is 17.2 Å². The van der Waals surface area contributed by atoms with Crippen LogP contribution in [0.5, 0.6) is 0 Å². The summed E-state index contributed by atoms with van der Waals surface area (Å²) in [6, 6.07) is 0.955. The molecule has 0 spiro atoms. The van der Waals surface area contributed by atoms with Gasteiger partial charge in [0, 0.05) is 18.0 Å². The van der Waals surface area contributed by atoms with Crippen molar-refractivity contribution >= 4 is 11.0 Å². The molecule has 2 aromatic rings. The average molecular weight is 263 g/mol. The van der Waals surface area contributed by atoms with Crippen molar-refractivity contribution in [3.63, 3.8) is 0 Å². The Balaban J connectivity index is 2.04. The van der Waals surface area contributed by atoms with E-state index in [0.29, 0.717) is 0 Å². The number of hydrogen-bond donors (Lipinski definition) is 5. The first kappa shape index (κ1) is 12.6. The monoisotopic (exact) mass is 263 g/mol. The number of hydrogen-bond acceptors (Lipinski definition) is 5. The second kappa shape index (κ2) is 4.57. The summed E-state index contributed by atoms with van der Waals surface area (Å²) in [5.41, 5.74) is 3.58. The van der Waals surface area contributed by atoms with Crippen molar-refractivity contribution in [2.75, 3.05) is 6.61 Å². The number of nitrogens with zero attached hydrogens (tertiary/aromatic N) is 1. The Morgan fingerprint density at radius 2 is 2.11 bits per heavy atom. The predicted octanol–water partition coefficient (Wildman–Crippen LogP) is -0.402. The van der Waals surface area contributed by atoms with Crippen LogP contribution in [0.4, 0.5) is 0 Å². The van der Waals surface area contributed by atoms with E-state index >= 15 is 0 Å². The summed E-state index contributed by atoms with van der Waals surface area (Å²) in [4.78, 5) is 7.47. The molecule has 0 bridgehead atoms. The Hall–Kier alpha value is -1.47. The Kier molecular flexibility index (Phi) is 3.02. The largest absolute Gasteiger partial charge is 0.395 e. The first-order valence-electron chi connectivity index (χ1n) is 6.29. The minimum Gasteiger partial charge on any atom is -0.395 e. The maximum atomic E-state index is 10.1. The lowest BCUT2D eigenvalue weighted by atomic mass is 10.0. The van der Waals surface area contributed by atoms with Crippen molar-refractivity contribution in [1.29, 1.82) is 0 Å². The molecule has 102 valence electrons. The molecule has 0 aliphatic carbocycles. The van der Waals surface area contributed by atoms with Gasteiger partial charge in [0.15, 0.2) is 0 Å². The van der Waals surface area contributed by atoms with E-state index in [0.717, 1.165) is 22.2 Å². The lowest BCUT2D eigenvalue weighted by molar-refractivity contribution is 0.0196. The molecule has 1 aliphatic heterocycles. The molecule has 2 aromatic heterocycles. The molecule has 0 radical (unpaired) electrons. The average Bonchev–Trinajstić information content (AvgIpc) is 2.94. The maximum absolute atomic E-state index is 10.1. The summed E-state index contributed by atoms with van der Waals surface area (Å²) < 4.78 is 0. The molecule has 0 aromatic carbocycles. The van der Waals surface area contributed by atoms with Crippen LogP contribution in [0.25, 0.3) is 11.0 Å². The van der Waals surface area contributed by atoms with Gasteiger partial charge in [-0.3, -0.25) is 4.98 Å². The minimum atomic E-state index is -0.982. The number of aromatic nitrogens is 2. The van der Waals surface area contributed by atoms with Crippen molar-refractivity contribution in [3.05, 3.63) is 29.6 Å². The fourth-order valence-electron chi connectivity index (χ4n) is 2.71. The first-order valence-corrected chi connectivity index (χ1v) is 6.29. The van der Waals surface area contributed by atoms with E-state index in [9.17, 15) is 10.2 Å². The van der Waals surface area contributed by atoms with Crippen molar-refractivity contribution in [2.24, 2.45) is 0 Å². The Morgan fingerprint density at radius 3 is 2.79 bits per heavy atom. The van der Waals surface area contributed by atoms with Gasteiger partial charge < -0.3 is 25.6 Å². The van der Waals surface area contributed by atoms with Crippen LogP contribution in [0.2, 0.25) is 0 Å². The van der Waals surface area contributed by atoms with Gasteiger partial charge in [0.2, 0.25) is 0 Å². The summed E-state index contributed by atoms with van der Waals surface area (Å²) in [6.07, 6.45) is 1.57. The molecule has 0 saturated carbocycles. The van der Waals surface area contributed by atoms with E-state index in [4.69, 9.17) is 5.11 Å². The van der Waals surface area contributed by atoms with Crippen LogP contribution < -0.4 is 5.32 Å². The normalized spacial score (nSPS) is 31.2. The van der Waals surface area contributed by atoms with Crippen molar-refractivity contribution in [2.45, 2.75) is 31.2 Å². The van der Waals surface area contributed by atoms with Crippen LogP contribution in [0.15, 0.2) is 18.5 Å². The van der Waals surface area contributed by atoms with Gasteiger partial charge in [-0.2, -0.15) is 0 Å². The van der Waals surface area contributed by atoms with Gasteiger partial charge in [0.05, 0.1) is 35.8 Å². The summed E-state index contributed by atoms with van der Waals surface area (Å²) in [7, 11) is 0. The number of aromatic amines is 1. The van der Waals surface area contributed by atoms with Crippen LogP contribution in [0, 0.1) is 6.92 Å². The molecule has 4 atom stereocenters. The number of nitrogens with one attached hydrogen (secondary N) is 2. The van der Waals surface area contributed by atoms with Gasteiger partial charge in [-0.15, -0.1) is 0 Å². The minimum absolute atomic E-state index is 0.219. The molecule has 1 aliphatic rings. The highest BCUT2D eigenvalue weighted by molar-refractivity contribution is 5.82. The first-order chi connectivity index (χ1) is 9.13. The summed E-state index contributed by atoms with van der Waals surface area (Å²) in [6.45, 7) is 1.76. The number of rotatable bonds is 2. The number of aliphatic hydroxyl groups is 3. The van der Waals surface area contributed by atoms with E-state index in [-0.39, 0.29) is 6.61 Å².